The fraction of sp³-hybridized carbons (Fsp3) is 0.238. The van der Waals surface area contributed by atoms with Crippen LogP contribution in [0.25, 0.3) is 6.08 Å². The highest BCUT2D eigenvalue weighted by atomic mass is 79.9. The van der Waals surface area contributed by atoms with E-state index < -0.39 is 0 Å². The van der Waals surface area contributed by atoms with Gasteiger partial charge in [0.25, 0.3) is 5.91 Å². The summed E-state index contributed by atoms with van der Waals surface area (Å²) in [5.41, 5.74) is 3.33. The first-order chi connectivity index (χ1) is 12.5. The Kier molecular flexibility index (Phi) is 7.60. The number of hydrogen-bond donors (Lipinski definition) is 2. The van der Waals surface area contributed by atoms with E-state index >= 15 is 0 Å². The molecule has 26 heavy (non-hydrogen) atoms. The van der Waals surface area contributed by atoms with Crippen LogP contribution in [0.2, 0.25) is 0 Å². The predicted octanol–water partition coefficient (Wildman–Crippen LogP) is 3.98. The molecule has 0 heterocycles. The molecule has 0 spiro atoms. The van der Waals surface area contributed by atoms with Crippen molar-refractivity contribution in [2.24, 2.45) is 0 Å². The lowest BCUT2D eigenvalue weighted by molar-refractivity contribution is -0.122. The molecule has 0 aliphatic carbocycles. The third kappa shape index (κ3) is 6.15. The van der Waals surface area contributed by atoms with Crippen LogP contribution in [0.15, 0.2) is 60.3 Å². The summed E-state index contributed by atoms with van der Waals surface area (Å²) in [5.74, 6) is -0.602. The molecular formula is C21H23BrN2O2. The van der Waals surface area contributed by atoms with E-state index in [0.29, 0.717) is 0 Å². The largest absolute Gasteiger partial charge is 0.344 e. The SMILES string of the molecule is CC(=O)N/C(=C/c1ccccc1)C(=O)NC(C)c1ccc(CCBr)cc1. The number of aryl methyl sites for hydroxylation is 1. The second-order valence-corrected chi connectivity index (χ2v) is 6.82. The smallest absolute Gasteiger partial charge is 0.268 e. The first-order valence-corrected chi connectivity index (χ1v) is 9.61. The molecule has 1 atom stereocenters. The molecule has 0 bridgehead atoms. The molecule has 2 aromatic rings. The molecule has 0 aliphatic heterocycles. The summed E-state index contributed by atoms with van der Waals surface area (Å²) in [4.78, 5) is 24.1. The summed E-state index contributed by atoms with van der Waals surface area (Å²) >= 11 is 3.43. The van der Waals surface area contributed by atoms with Crippen LogP contribution in [0.1, 0.15) is 36.6 Å². The highest BCUT2D eigenvalue weighted by Gasteiger charge is 2.15. The van der Waals surface area contributed by atoms with Gasteiger partial charge in [-0.2, -0.15) is 0 Å². The van der Waals surface area contributed by atoms with Crippen molar-refractivity contribution in [3.8, 4) is 0 Å². The number of nitrogens with one attached hydrogen (secondary N) is 2. The van der Waals surface area contributed by atoms with Gasteiger partial charge in [-0.25, -0.2) is 0 Å². The van der Waals surface area contributed by atoms with Crippen LogP contribution in [-0.2, 0) is 16.0 Å². The van der Waals surface area contributed by atoms with Crippen LogP contribution in [0.4, 0.5) is 0 Å². The second-order valence-electron chi connectivity index (χ2n) is 6.03. The van der Waals surface area contributed by atoms with Crippen LogP contribution in [-0.4, -0.2) is 17.1 Å². The van der Waals surface area contributed by atoms with Crippen molar-refractivity contribution >= 4 is 33.8 Å². The molecule has 0 saturated heterocycles. The van der Waals surface area contributed by atoms with E-state index in [1.807, 2.05) is 49.4 Å². The van der Waals surface area contributed by atoms with E-state index in [-0.39, 0.29) is 23.6 Å². The van der Waals surface area contributed by atoms with Gasteiger partial charge >= 0.3 is 0 Å². The lowest BCUT2D eigenvalue weighted by atomic mass is 10.0. The maximum Gasteiger partial charge on any atom is 0.268 e. The van der Waals surface area contributed by atoms with Crippen molar-refractivity contribution in [1.29, 1.82) is 0 Å². The van der Waals surface area contributed by atoms with Crippen molar-refractivity contribution < 1.29 is 9.59 Å². The zero-order valence-corrected chi connectivity index (χ0v) is 16.5. The molecule has 4 nitrogen and oxygen atoms in total. The second kappa shape index (κ2) is 9.92. The molecule has 0 saturated carbocycles. The molecule has 1 unspecified atom stereocenters. The lowest BCUT2D eigenvalue weighted by Gasteiger charge is -2.16. The van der Waals surface area contributed by atoms with E-state index in [0.717, 1.165) is 22.9 Å². The number of alkyl halides is 1. The van der Waals surface area contributed by atoms with Gasteiger partial charge in [0.15, 0.2) is 0 Å². The van der Waals surface area contributed by atoms with Gasteiger partial charge in [-0.3, -0.25) is 9.59 Å². The van der Waals surface area contributed by atoms with E-state index in [4.69, 9.17) is 0 Å². The van der Waals surface area contributed by atoms with Crippen molar-refractivity contribution in [3.05, 3.63) is 77.0 Å². The maximum atomic E-state index is 12.6. The van der Waals surface area contributed by atoms with E-state index in [2.05, 4.69) is 38.7 Å². The minimum Gasteiger partial charge on any atom is -0.344 e. The summed E-state index contributed by atoms with van der Waals surface area (Å²) < 4.78 is 0. The Bertz CT molecular complexity index is 770. The molecule has 136 valence electrons. The Morgan fingerprint density at radius 2 is 1.73 bits per heavy atom. The Labute approximate surface area is 162 Å². The average Bonchev–Trinajstić information content (AvgIpc) is 2.62. The summed E-state index contributed by atoms with van der Waals surface area (Å²) in [7, 11) is 0. The quantitative estimate of drug-likeness (QED) is 0.531. The van der Waals surface area contributed by atoms with Gasteiger partial charge in [-0.1, -0.05) is 70.5 Å². The molecule has 2 N–H and O–H groups in total. The number of hydrogen-bond acceptors (Lipinski definition) is 2. The summed E-state index contributed by atoms with van der Waals surface area (Å²) in [6.45, 7) is 3.31. The van der Waals surface area contributed by atoms with Crippen LogP contribution >= 0.6 is 15.9 Å². The van der Waals surface area contributed by atoms with Gasteiger partial charge in [0, 0.05) is 12.3 Å². The fourth-order valence-corrected chi connectivity index (χ4v) is 2.96. The third-order valence-electron chi connectivity index (χ3n) is 3.88. The number of halogens is 1. The van der Waals surface area contributed by atoms with Crippen LogP contribution in [0.3, 0.4) is 0 Å². The van der Waals surface area contributed by atoms with E-state index in [1.165, 1.54) is 12.5 Å². The highest BCUT2D eigenvalue weighted by Crippen LogP contribution is 2.15. The first kappa shape index (κ1) is 19.9. The monoisotopic (exact) mass is 414 g/mol. The summed E-state index contributed by atoms with van der Waals surface area (Å²) in [5, 5.41) is 6.48. The molecule has 0 radical (unpaired) electrons. The molecular weight excluding hydrogens is 392 g/mol. The Hall–Kier alpha value is -2.40. The fourth-order valence-electron chi connectivity index (χ4n) is 2.50. The van der Waals surface area contributed by atoms with Gasteiger partial charge in [0.05, 0.1) is 6.04 Å². The molecule has 5 heteroatoms. The maximum absolute atomic E-state index is 12.6. The van der Waals surface area contributed by atoms with Gasteiger partial charge in [-0.05, 0) is 36.1 Å². The normalized spacial score (nSPS) is 12.3. The molecule has 2 rings (SSSR count). The molecule has 2 aromatic carbocycles. The average molecular weight is 415 g/mol. The van der Waals surface area contributed by atoms with Crippen LogP contribution < -0.4 is 10.6 Å². The summed E-state index contributed by atoms with van der Waals surface area (Å²) in [6, 6.07) is 17.4. The molecule has 2 amide bonds. The predicted molar refractivity (Wildman–Crippen MR) is 109 cm³/mol. The van der Waals surface area contributed by atoms with Gasteiger partial charge < -0.3 is 10.6 Å². The van der Waals surface area contributed by atoms with Crippen molar-refractivity contribution in [3.63, 3.8) is 0 Å². The third-order valence-corrected chi connectivity index (χ3v) is 4.27. The van der Waals surface area contributed by atoms with Crippen LogP contribution in [0, 0.1) is 0 Å². The van der Waals surface area contributed by atoms with Crippen LogP contribution in [0.5, 0.6) is 0 Å². The zero-order chi connectivity index (χ0) is 18.9. The lowest BCUT2D eigenvalue weighted by Crippen LogP contribution is -2.35. The van der Waals surface area contributed by atoms with E-state index in [1.54, 1.807) is 6.08 Å². The standard InChI is InChI=1S/C21H23BrN2O2/c1-15(19-10-8-17(9-11-19)12-13-22)23-21(26)20(24-16(2)25)14-18-6-4-3-5-7-18/h3-11,14-15H,12-13H2,1-2H3,(H,23,26)(H,24,25)/b20-14+. The minimum absolute atomic E-state index is 0.173. The van der Waals surface area contributed by atoms with E-state index in [9.17, 15) is 9.59 Å². The molecule has 0 aliphatic rings. The molecule has 0 fully saturated rings. The van der Waals surface area contributed by atoms with Crippen molar-refractivity contribution in [2.45, 2.75) is 26.3 Å². The van der Waals surface area contributed by atoms with Crippen molar-refractivity contribution in [2.75, 3.05) is 5.33 Å². The first-order valence-electron chi connectivity index (χ1n) is 8.49. The van der Waals surface area contributed by atoms with Crippen molar-refractivity contribution in [1.82, 2.24) is 10.6 Å². The zero-order valence-electron chi connectivity index (χ0n) is 15.0. The number of benzene rings is 2. The Morgan fingerprint density at radius 1 is 1.08 bits per heavy atom. The highest BCUT2D eigenvalue weighted by molar-refractivity contribution is 9.09. The summed E-state index contributed by atoms with van der Waals surface area (Å²) in [6.07, 6.45) is 2.63. The Morgan fingerprint density at radius 3 is 2.31 bits per heavy atom. The molecule has 0 aromatic heterocycles. The topological polar surface area (TPSA) is 58.2 Å². The number of carbonyl (C=O) groups is 2. The van der Waals surface area contributed by atoms with Gasteiger partial charge in [0.1, 0.15) is 5.70 Å². The Balaban J connectivity index is 2.12. The van der Waals surface area contributed by atoms with Gasteiger partial charge in [0.2, 0.25) is 5.91 Å². The minimum atomic E-state index is -0.318. The number of amides is 2. The number of rotatable bonds is 7. The number of carbonyl (C=O) groups excluding carboxylic acids is 2. The van der Waals surface area contributed by atoms with Gasteiger partial charge in [-0.15, -0.1) is 0 Å².